The first-order valence-electron chi connectivity index (χ1n) is 6.08. The zero-order chi connectivity index (χ0) is 12.1. The molecule has 94 valence electrons. The molecule has 1 N–H and O–H groups in total. The molecule has 2 rings (SSSR count). The van der Waals surface area contributed by atoms with Crippen molar-refractivity contribution in [1.29, 1.82) is 0 Å². The number of hydrogen-bond acceptors (Lipinski definition) is 4. The molecule has 4 heteroatoms. The number of hydrazine groups is 1. The maximum atomic E-state index is 5.35. The number of rotatable bonds is 4. The lowest BCUT2D eigenvalue weighted by Gasteiger charge is -2.29. The molecule has 1 aromatic carbocycles. The second-order valence-corrected chi connectivity index (χ2v) is 4.50. The molecule has 4 nitrogen and oxygen atoms in total. The number of benzene rings is 1. The Morgan fingerprint density at radius 2 is 1.82 bits per heavy atom. The van der Waals surface area contributed by atoms with Gasteiger partial charge in [0.15, 0.2) is 0 Å². The van der Waals surface area contributed by atoms with E-state index in [1.165, 1.54) is 11.3 Å². The highest BCUT2D eigenvalue weighted by atomic mass is 16.5. The van der Waals surface area contributed by atoms with Crippen LogP contribution in [0.1, 0.15) is 5.56 Å². The second-order valence-electron chi connectivity index (χ2n) is 4.50. The van der Waals surface area contributed by atoms with Crippen molar-refractivity contribution in [3.63, 3.8) is 0 Å². The Morgan fingerprint density at radius 1 is 1.18 bits per heavy atom. The minimum absolute atomic E-state index is 0.837. The van der Waals surface area contributed by atoms with Gasteiger partial charge in [-0.15, -0.1) is 0 Å². The van der Waals surface area contributed by atoms with Crippen molar-refractivity contribution in [1.82, 2.24) is 10.4 Å². The summed E-state index contributed by atoms with van der Waals surface area (Å²) in [5, 5.41) is 1.97. The number of anilines is 1. The molecule has 0 radical (unpaired) electrons. The number of nitrogens with zero attached hydrogens (tertiary/aromatic N) is 2. The third-order valence-electron chi connectivity index (χ3n) is 2.91. The summed E-state index contributed by atoms with van der Waals surface area (Å²) in [4.78, 5) is 2.37. The van der Waals surface area contributed by atoms with E-state index in [4.69, 9.17) is 4.74 Å². The molecule has 0 atom stereocenters. The topological polar surface area (TPSA) is 27.7 Å². The molecular weight excluding hydrogens is 214 g/mol. The Kier molecular flexibility index (Phi) is 4.36. The molecule has 0 amide bonds. The lowest BCUT2D eigenvalue weighted by atomic mass is 10.2. The first-order valence-corrected chi connectivity index (χ1v) is 6.08. The summed E-state index contributed by atoms with van der Waals surface area (Å²) in [6.07, 6.45) is 0. The molecule has 17 heavy (non-hydrogen) atoms. The van der Waals surface area contributed by atoms with Crippen LogP contribution in [0.4, 0.5) is 5.69 Å². The Hall–Kier alpha value is -1.10. The molecule has 0 bridgehead atoms. The van der Waals surface area contributed by atoms with E-state index in [0.29, 0.717) is 0 Å². The van der Waals surface area contributed by atoms with Gasteiger partial charge in [-0.2, -0.15) is 0 Å². The molecule has 0 saturated carbocycles. The van der Waals surface area contributed by atoms with Gasteiger partial charge in [-0.3, -0.25) is 10.4 Å². The Labute approximate surface area is 103 Å². The summed E-state index contributed by atoms with van der Waals surface area (Å²) in [5.74, 6) is 0. The quantitative estimate of drug-likeness (QED) is 0.791. The van der Waals surface area contributed by atoms with Gasteiger partial charge in [0, 0.05) is 39.4 Å². The van der Waals surface area contributed by atoms with E-state index in [1.54, 1.807) is 0 Å². The molecule has 1 heterocycles. The van der Waals surface area contributed by atoms with E-state index < -0.39 is 0 Å². The van der Waals surface area contributed by atoms with Gasteiger partial charge in [0.25, 0.3) is 0 Å². The van der Waals surface area contributed by atoms with Crippen molar-refractivity contribution in [2.75, 3.05) is 45.3 Å². The maximum Gasteiger partial charge on any atom is 0.0642 e. The molecule has 1 aliphatic heterocycles. The van der Waals surface area contributed by atoms with Crippen LogP contribution in [0.15, 0.2) is 24.3 Å². The van der Waals surface area contributed by atoms with Gasteiger partial charge in [0.1, 0.15) is 0 Å². The van der Waals surface area contributed by atoms with E-state index >= 15 is 0 Å². The molecule has 1 fully saturated rings. The normalized spacial score (nSPS) is 16.5. The fourth-order valence-corrected chi connectivity index (χ4v) is 1.90. The van der Waals surface area contributed by atoms with Crippen LogP contribution in [0, 0.1) is 0 Å². The maximum absolute atomic E-state index is 5.35. The van der Waals surface area contributed by atoms with Gasteiger partial charge >= 0.3 is 0 Å². The number of ether oxygens (including phenoxy) is 1. The van der Waals surface area contributed by atoms with E-state index in [9.17, 15) is 0 Å². The molecule has 0 spiro atoms. The molecule has 1 saturated heterocycles. The number of hydrogen-bond donors (Lipinski definition) is 1. The largest absolute Gasteiger partial charge is 0.378 e. The third-order valence-corrected chi connectivity index (χ3v) is 2.91. The average Bonchev–Trinajstić information content (AvgIpc) is 2.38. The highest BCUT2D eigenvalue weighted by Gasteiger charge is 2.10. The summed E-state index contributed by atoms with van der Waals surface area (Å²) in [7, 11) is 4.00. The highest BCUT2D eigenvalue weighted by Crippen LogP contribution is 2.16. The van der Waals surface area contributed by atoms with Crippen molar-refractivity contribution in [3.8, 4) is 0 Å². The number of nitrogens with one attached hydrogen (secondary N) is 1. The zero-order valence-corrected chi connectivity index (χ0v) is 10.6. The molecule has 0 aliphatic carbocycles. The van der Waals surface area contributed by atoms with Gasteiger partial charge in [0.2, 0.25) is 0 Å². The average molecular weight is 235 g/mol. The first kappa shape index (κ1) is 12.4. The Bertz CT molecular complexity index is 331. The van der Waals surface area contributed by atoms with Gasteiger partial charge < -0.3 is 9.64 Å². The fraction of sp³-hybridized carbons (Fsp3) is 0.538. The molecule has 0 unspecified atom stereocenters. The summed E-state index contributed by atoms with van der Waals surface area (Å²) >= 11 is 0. The fourth-order valence-electron chi connectivity index (χ4n) is 1.90. The van der Waals surface area contributed by atoms with Crippen LogP contribution in [0.5, 0.6) is 0 Å². The van der Waals surface area contributed by atoms with Crippen LogP contribution < -0.4 is 10.3 Å². The molecule has 0 aromatic heterocycles. The van der Waals surface area contributed by atoms with Crippen LogP contribution in [-0.2, 0) is 11.3 Å². The van der Waals surface area contributed by atoms with E-state index in [1.807, 2.05) is 19.1 Å². The lowest BCUT2D eigenvalue weighted by molar-refractivity contribution is 0.122. The standard InChI is InChI=1S/C13H21N3O/c1-15(2)14-11-12-3-5-13(6-4-12)16-7-9-17-10-8-16/h3-6,14H,7-11H2,1-2H3. The molecular formula is C13H21N3O. The monoisotopic (exact) mass is 235 g/mol. The third kappa shape index (κ3) is 3.70. The minimum atomic E-state index is 0.837. The Balaban J connectivity index is 1.92. The predicted octanol–water partition coefficient (Wildman–Crippen LogP) is 1.09. The van der Waals surface area contributed by atoms with E-state index in [-0.39, 0.29) is 0 Å². The van der Waals surface area contributed by atoms with Gasteiger partial charge in [-0.25, -0.2) is 0 Å². The van der Waals surface area contributed by atoms with Crippen molar-refractivity contribution in [2.24, 2.45) is 0 Å². The summed E-state index contributed by atoms with van der Waals surface area (Å²) in [5.41, 5.74) is 5.86. The first-order chi connectivity index (χ1) is 8.25. The van der Waals surface area contributed by atoms with Crippen molar-refractivity contribution < 1.29 is 4.74 Å². The smallest absolute Gasteiger partial charge is 0.0642 e. The second kappa shape index (κ2) is 6.00. The lowest BCUT2D eigenvalue weighted by Crippen LogP contribution is -2.36. The number of morpholine rings is 1. The highest BCUT2D eigenvalue weighted by molar-refractivity contribution is 5.47. The Morgan fingerprint density at radius 3 is 2.41 bits per heavy atom. The zero-order valence-electron chi connectivity index (χ0n) is 10.6. The van der Waals surface area contributed by atoms with Gasteiger partial charge in [-0.1, -0.05) is 12.1 Å². The van der Waals surface area contributed by atoms with Gasteiger partial charge in [-0.05, 0) is 17.7 Å². The minimum Gasteiger partial charge on any atom is -0.378 e. The predicted molar refractivity (Wildman–Crippen MR) is 70.0 cm³/mol. The van der Waals surface area contributed by atoms with Crippen molar-refractivity contribution >= 4 is 5.69 Å². The van der Waals surface area contributed by atoms with E-state index in [0.717, 1.165) is 32.8 Å². The molecule has 1 aliphatic rings. The summed E-state index contributed by atoms with van der Waals surface area (Å²) in [6.45, 7) is 4.54. The van der Waals surface area contributed by atoms with Crippen LogP contribution >= 0.6 is 0 Å². The summed E-state index contributed by atoms with van der Waals surface area (Å²) in [6, 6.07) is 8.75. The molecule has 1 aromatic rings. The van der Waals surface area contributed by atoms with Crippen LogP contribution in [0.2, 0.25) is 0 Å². The van der Waals surface area contributed by atoms with Crippen LogP contribution in [-0.4, -0.2) is 45.4 Å². The van der Waals surface area contributed by atoms with Crippen molar-refractivity contribution in [3.05, 3.63) is 29.8 Å². The van der Waals surface area contributed by atoms with Crippen LogP contribution in [0.3, 0.4) is 0 Å². The SMILES string of the molecule is CN(C)NCc1ccc(N2CCOCC2)cc1. The van der Waals surface area contributed by atoms with Crippen molar-refractivity contribution in [2.45, 2.75) is 6.54 Å². The summed E-state index contributed by atoms with van der Waals surface area (Å²) < 4.78 is 5.35. The van der Waals surface area contributed by atoms with Crippen LogP contribution in [0.25, 0.3) is 0 Å². The van der Waals surface area contributed by atoms with Gasteiger partial charge in [0.05, 0.1) is 13.2 Å². The van der Waals surface area contributed by atoms with E-state index in [2.05, 4.69) is 34.6 Å².